The molecular formula is C12H16ClNO2. The molecule has 2 N–H and O–H groups in total. The van der Waals surface area contributed by atoms with E-state index in [1.165, 1.54) is 0 Å². The summed E-state index contributed by atoms with van der Waals surface area (Å²) in [6.07, 6.45) is 0.885. The number of ether oxygens (including phenoxy) is 2. The fraction of sp³-hybridized carbons (Fsp3) is 0.500. The highest BCUT2D eigenvalue weighted by atomic mass is 35.5. The Kier molecular flexibility index (Phi) is 3.38. The molecule has 1 aliphatic rings. The van der Waals surface area contributed by atoms with Gasteiger partial charge in [-0.15, -0.1) is 0 Å². The Balaban J connectivity index is 2.04. The van der Waals surface area contributed by atoms with E-state index in [4.69, 9.17) is 26.8 Å². The first-order valence-corrected chi connectivity index (χ1v) is 5.71. The summed E-state index contributed by atoms with van der Waals surface area (Å²) in [5.41, 5.74) is 6.84. The van der Waals surface area contributed by atoms with Gasteiger partial charge < -0.3 is 15.2 Å². The molecule has 0 spiro atoms. The fourth-order valence-electron chi connectivity index (χ4n) is 1.97. The molecule has 1 aromatic rings. The molecule has 0 aromatic heterocycles. The largest absolute Gasteiger partial charge is 0.487 e. The van der Waals surface area contributed by atoms with E-state index in [-0.39, 0.29) is 18.2 Å². The predicted molar refractivity (Wildman–Crippen MR) is 64.0 cm³/mol. The van der Waals surface area contributed by atoms with E-state index in [1.54, 1.807) is 7.11 Å². The molecule has 0 bridgehead atoms. The maximum Gasteiger partial charge on any atom is 0.128 e. The fourth-order valence-corrected chi connectivity index (χ4v) is 2.19. The third-order valence-electron chi connectivity index (χ3n) is 2.98. The topological polar surface area (TPSA) is 44.5 Å². The Morgan fingerprint density at radius 3 is 2.75 bits per heavy atom. The van der Waals surface area contributed by atoms with Crippen LogP contribution in [0.5, 0.6) is 5.75 Å². The summed E-state index contributed by atoms with van der Waals surface area (Å²) in [5, 5.41) is 0.721. The number of halogens is 1. The van der Waals surface area contributed by atoms with Crippen molar-refractivity contribution >= 4 is 11.6 Å². The van der Waals surface area contributed by atoms with Crippen molar-refractivity contribution in [3.8, 4) is 5.75 Å². The molecule has 0 heterocycles. The smallest absolute Gasteiger partial charge is 0.128 e. The maximum atomic E-state index is 5.88. The second kappa shape index (κ2) is 4.62. The lowest BCUT2D eigenvalue weighted by molar-refractivity contribution is -0.0784. The molecule has 3 atom stereocenters. The highest BCUT2D eigenvalue weighted by Gasteiger charge is 2.41. The minimum Gasteiger partial charge on any atom is -0.487 e. The third kappa shape index (κ3) is 2.17. The molecule has 3 nitrogen and oxygen atoms in total. The first-order chi connectivity index (χ1) is 7.61. The van der Waals surface area contributed by atoms with Crippen LogP contribution in [0.4, 0.5) is 0 Å². The molecule has 1 fully saturated rings. The summed E-state index contributed by atoms with van der Waals surface area (Å²) in [6, 6.07) is 5.68. The van der Waals surface area contributed by atoms with Crippen molar-refractivity contribution in [2.24, 2.45) is 5.73 Å². The molecule has 2 rings (SSSR count). The quantitative estimate of drug-likeness (QED) is 0.882. The zero-order chi connectivity index (χ0) is 11.7. The standard InChI is InChI=1S/C12H16ClNO2/c1-7-5-8(13)3-4-10(7)16-11-6-9(14)12(11)15-2/h3-5,9,11-12H,6,14H2,1-2H3. The summed E-state index contributed by atoms with van der Waals surface area (Å²) in [4.78, 5) is 0. The van der Waals surface area contributed by atoms with Crippen molar-refractivity contribution in [1.82, 2.24) is 0 Å². The van der Waals surface area contributed by atoms with Gasteiger partial charge in [-0.3, -0.25) is 0 Å². The number of hydrogen-bond donors (Lipinski definition) is 1. The van der Waals surface area contributed by atoms with Gasteiger partial charge in [0.1, 0.15) is 18.0 Å². The van der Waals surface area contributed by atoms with Crippen molar-refractivity contribution in [2.45, 2.75) is 31.6 Å². The van der Waals surface area contributed by atoms with Crippen molar-refractivity contribution in [1.29, 1.82) is 0 Å². The molecule has 0 saturated heterocycles. The van der Waals surface area contributed by atoms with Crippen LogP contribution in [-0.4, -0.2) is 25.4 Å². The van der Waals surface area contributed by atoms with Crippen LogP contribution >= 0.6 is 11.6 Å². The van der Waals surface area contributed by atoms with E-state index >= 15 is 0 Å². The van der Waals surface area contributed by atoms with Crippen LogP contribution in [0.25, 0.3) is 0 Å². The Bertz CT molecular complexity index is 383. The molecule has 16 heavy (non-hydrogen) atoms. The first kappa shape index (κ1) is 11.7. The zero-order valence-corrected chi connectivity index (χ0v) is 10.2. The maximum absolute atomic E-state index is 5.88. The van der Waals surface area contributed by atoms with Gasteiger partial charge in [0.05, 0.1) is 0 Å². The van der Waals surface area contributed by atoms with Gasteiger partial charge in [0.25, 0.3) is 0 Å². The third-order valence-corrected chi connectivity index (χ3v) is 3.22. The van der Waals surface area contributed by atoms with Crippen molar-refractivity contribution in [3.05, 3.63) is 28.8 Å². The zero-order valence-electron chi connectivity index (χ0n) is 9.44. The lowest BCUT2D eigenvalue weighted by atomic mass is 9.86. The minimum atomic E-state index is -0.00456. The van der Waals surface area contributed by atoms with Crippen LogP contribution in [0, 0.1) is 6.92 Å². The normalized spacial score (nSPS) is 28.6. The second-order valence-corrected chi connectivity index (χ2v) is 4.60. The van der Waals surface area contributed by atoms with Crippen LogP contribution in [-0.2, 0) is 4.74 Å². The lowest BCUT2D eigenvalue weighted by Gasteiger charge is -2.41. The monoisotopic (exact) mass is 241 g/mol. The van der Waals surface area contributed by atoms with Crippen LogP contribution in [0.1, 0.15) is 12.0 Å². The summed E-state index contributed by atoms with van der Waals surface area (Å²) < 4.78 is 11.1. The molecular weight excluding hydrogens is 226 g/mol. The highest BCUT2D eigenvalue weighted by molar-refractivity contribution is 6.30. The van der Waals surface area contributed by atoms with E-state index < -0.39 is 0 Å². The summed E-state index contributed by atoms with van der Waals surface area (Å²) in [7, 11) is 1.66. The molecule has 1 saturated carbocycles. The van der Waals surface area contributed by atoms with Crippen LogP contribution in [0.2, 0.25) is 5.02 Å². The Morgan fingerprint density at radius 1 is 1.44 bits per heavy atom. The average molecular weight is 242 g/mol. The highest BCUT2D eigenvalue weighted by Crippen LogP contribution is 2.30. The van der Waals surface area contributed by atoms with Crippen LogP contribution in [0.15, 0.2) is 18.2 Å². The first-order valence-electron chi connectivity index (χ1n) is 5.33. The van der Waals surface area contributed by atoms with E-state index in [2.05, 4.69) is 0 Å². The van der Waals surface area contributed by atoms with E-state index in [0.29, 0.717) is 0 Å². The van der Waals surface area contributed by atoms with Gasteiger partial charge in [0.15, 0.2) is 0 Å². The van der Waals surface area contributed by atoms with Crippen LogP contribution in [0.3, 0.4) is 0 Å². The molecule has 0 aliphatic heterocycles. The predicted octanol–water partition coefficient (Wildman–Crippen LogP) is 2.14. The second-order valence-electron chi connectivity index (χ2n) is 4.17. The molecule has 88 valence electrons. The molecule has 0 amide bonds. The van der Waals surface area contributed by atoms with Gasteiger partial charge in [-0.05, 0) is 30.7 Å². The van der Waals surface area contributed by atoms with Gasteiger partial charge in [-0.25, -0.2) is 0 Å². The number of rotatable bonds is 3. The minimum absolute atomic E-state index is 0.00456. The number of hydrogen-bond acceptors (Lipinski definition) is 3. The summed E-state index contributed by atoms with van der Waals surface area (Å²) >= 11 is 5.88. The molecule has 4 heteroatoms. The van der Waals surface area contributed by atoms with Gasteiger partial charge >= 0.3 is 0 Å². The number of benzene rings is 1. The van der Waals surface area contributed by atoms with Gasteiger partial charge in [-0.1, -0.05) is 11.6 Å². The number of methoxy groups -OCH3 is 1. The van der Waals surface area contributed by atoms with Gasteiger partial charge in [0, 0.05) is 24.6 Å². The number of aryl methyl sites for hydroxylation is 1. The van der Waals surface area contributed by atoms with Crippen molar-refractivity contribution in [3.63, 3.8) is 0 Å². The van der Waals surface area contributed by atoms with E-state index in [1.807, 2.05) is 25.1 Å². The van der Waals surface area contributed by atoms with E-state index in [0.717, 1.165) is 22.8 Å². The molecule has 1 aromatic carbocycles. The van der Waals surface area contributed by atoms with Crippen molar-refractivity contribution in [2.75, 3.05) is 7.11 Å². The molecule has 1 aliphatic carbocycles. The lowest BCUT2D eigenvalue weighted by Crippen LogP contribution is -2.59. The summed E-state index contributed by atoms with van der Waals surface area (Å²) in [6.45, 7) is 1.97. The number of nitrogens with two attached hydrogens (primary N) is 1. The summed E-state index contributed by atoms with van der Waals surface area (Å²) in [5.74, 6) is 0.850. The van der Waals surface area contributed by atoms with E-state index in [9.17, 15) is 0 Å². The van der Waals surface area contributed by atoms with Crippen molar-refractivity contribution < 1.29 is 9.47 Å². The van der Waals surface area contributed by atoms with Crippen LogP contribution < -0.4 is 10.5 Å². The molecule has 0 radical (unpaired) electrons. The average Bonchev–Trinajstić information content (AvgIpc) is 2.21. The molecule has 3 unspecified atom stereocenters. The Labute approximate surface area is 100 Å². The Morgan fingerprint density at radius 2 is 2.19 bits per heavy atom. The van der Waals surface area contributed by atoms with Gasteiger partial charge in [0.2, 0.25) is 0 Å². The SMILES string of the molecule is COC1C(N)CC1Oc1ccc(Cl)cc1C. The Hall–Kier alpha value is -0.770. The van der Waals surface area contributed by atoms with Gasteiger partial charge in [-0.2, -0.15) is 0 Å².